The molecule has 3 aromatic rings. The molecule has 0 bridgehead atoms. The summed E-state index contributed by atoms with van der Waals surface area (Å²) < 4.78 is 15.8. The number of hydrogen-bond donors (Lipinski definition) is 3. The third kappa shape index (κ3) is 6.00. The van der Waals surface area contributed by atoms with Crippen LogP contribution >= 0.6 is 11.3 Å². The molecule has 0 unspecified atom stereocenters. The Bertz CT molecular complexity index is 1270. The van der Waals surface area contributed by atoms with E-state index >= 15 is 0 Å². The Morgan fingerprint density at radius 2 is 1.86 bits per heavy atom. The summed E-state index contributed by atoms with van der Waals surface area (Å²) in [6, 6.07) is 6.40. The second-order valence-electron chi connectivity index (χ2n) is 8.41. The van der Waals surface area contributed by atoms with Crippen LogP contribution in [-0.4, -0.2) is 60.8 Å². The Labute approximate surface area is 218 Å². The highest BCUT2D eigenvalue weighted by Gasteiger charge is 2.24. The molecule has 13 heteroatoms. The van der Waals surface area contributed by atoms with Crippen LogP contribution in [0.2, 0.25) is 0 Å². The number of amides is 3. The molecule has 4 rings (SSSR count). The number of benzene rings is 1. The van der Waals surface area contributed by atoms with Crippen LogP contribution in [0.5, 0.6) is 17.6 Å². The zero-order valence-corrected chi connectivity index (χ0v) is 22.1. The first-order chi connectivity index (χ1) is 17.8. The van der Waals surface area contributed by atoms with Crippen molar-refractivity contribution in [2.45, 2.75) is 32.9 Å². The number of nitrogens with zero attached hydrogens (tertiary/aromatic N) is 4. The van der Waals surface area contributed by atoms with Crippen LogP contribution in [0.4, 0.5) is 21.4 Å². The summed E-state index contributed by atoms with van der Waals surface area (Å²) in [6.45, 7) is 4.96. The van der Waals surface area contributed by atoms with E-state index in [4.69, 9.17) is 14.2 Å². The maximum Gasteiger partial charge on any atom is 0.325 e. The fraction of sp³-hybridized carbons (Fsp3) is 0.375. The smallest absolute Gasteiger partial charge is 0.325 e. The van der Waals surface area contributed by atoms with Gasteiger partial charge in [-0.3, -0.25) is 10.1 Å². The molecule has 1 aromatic carbocycles. The van der Waals surface area contributed by atoms with E-state index in [0.29, 0.717) is 47.8 Å². The molecule has 0 radical (unpaired) electrons. The van der Waals surface area contributed by atoms with Gasteiger partial charge in [0.15, 0.2) is 5.13 Å². The largest absolute Gasteiger partial charge is 0.496 e. The topological polar surface area (TPSA) is 140 Å². The number of fused-ring (bicyclic) bond motifs is 1. The summed E-state index contributed by atoms with van der Waals surface area (Å²) in [5.41, 5.74) is 1.50. The minimum Gasteiger partial charge on any atom is -0.496 e. The number of aromatic nitrogens is 3. The number of rotatable bonds is 8. The van der Waals surface area contributed by atoms with Crippen LogP contribution in [-0.2, 0) is 13.0 Å². The Morgan fingerprint density at radius 3 is 2.57 bits per heavy atom. The molecule has 0 saturated carbocycles. The maximum atomic E-state index is 12.8. The molecule has 196 valence electrons. The predicted molar refractivity (Wildman–Crippen MR) is 140 cm³/mol. The molecule has 3 heterocycles. The highest BCUT2D eigenvalue weighted by molar-refractivity contribution is 7.15. The van der Waals surface area contributed by atoms with Gasteiger partial charge in [0.1, 0.15) is 17.1 Å². The quantitative estimate of drug-likeness (QED) is 0.402. The number of thiazole rings is 1. The van der Waals surface area contributed by atoms with E-state index in [1.165, 1.54) is 32.7 Å². The average molecular weight is 528 g/mol. The average Bonchev–Trinajstić information content (AvgIpc) is 3.28. The van der Waals surface area contributed by atoms with Crippen molar-refractivity contribution >= 4 is 39.9 Å². The Kier molecular flexibility index (Phi) is 7.92. The van der Waals surface area contributed by atoms with E-state index < -0.39 is 6.03 Å². The first kappa shape index (κ1) is 25.9. The zero-order valence-electron chi connectivity index (χ0n) is 21.2. The van der Waals surface area contributed by atoms with Gasteiger partial charge in [0.05, 0.1) is 39.3 Å². The van der Waals surface area contributed by atoms with Gasteiger partial charge in [-0.2, -0.15) is 9.97 Å². The molecular formula is C24H29N7O5S. The van der Waals surface area contributed by atoms with Crippen LogP contribution in [0.1, 0.15) is 34.8 Å². The lowest BCUT2D eigenvalue weighted by atomic mass is 10.1. The second-order valence-corrected chi connectivity index (χ2v) is 9.49. The number of nitrogens with one attached hydrogen (secondary N) is 3. The lowest BCUT2D eigenvalue weighted by molar-refractivity contribution is 0.0941. The predicted octanol–water partition coefficient (Wildman–Crippen LogP) is 3.30. The van der Waals surface area contributed by atoms with Crippen molar-refractivity contribution in [2.24, 2.45) is 0 Å². The van der Waals surface area contributed by atoms with Gasteiger partial charge in [0.2, 0.25) is 5.88 Å². The number of ether oxygens (including phenoxy) is 3. The van der Waals surface area contributed by atoms with Crippen LogP contribution in [0.15, 0.2) is 24.3 Å². The van der Waals surface area contributed by atoms with E-state index in [1.54, 1.807) is 24.3 Å². The first-order valence-corrected chi connectivity index (χ1v) is 12.4. The molecule has 1 aliphatic rings. The number of methoxy groups -OCH3 is 3. The summed E-state index contributed by atoms with van der Waals surface area (Å²) in [4.78, 5) is 41.8. The van der Waals surface area contributed by atoms with Crippen molar-refractivity contribution in [1.29, 1.82) is 0 Å². The lowest BCUT2D eigenvalue weighted by Crippen LogP contribution is -2.31. The second kappa shape index (κ2) is 11.3. The summed E-state index contributed by atoms with van der Waals surface area (Å²) >= 11 is 1.38. The van der Waals surface area contributed by atoms with Gasteiger partial charge in [0, 0.05) is 30.0 Å². The number of carbonyl (C=O) groups is 2. The minimum atomic E-state index is -0.514. The number of carbonyl (C=O) groups excluding carboxylic acids is 2. The molecule has 12 nitrogen and oxygen atoms in total. The number of urea groups is 1. The van der Waals surface area contributed by atoms with Crippen molar-refractivity contribution in [3.63, 3.8) is 0 Å². The van der Waals surface area contributed by atoms with Gasteiger partial charge in [-0.25, -0.2) is 9.78 Å². The van der Waals surface area contributed by atoms with Crippen LogP contribution < -0.4 is 35.1 Å². The summed E-state index contributed by atoms with van der Waals surface area (Å²) in [5.74, 6) is 1.11. The third-order valence-corrected chi connectivity index (χ3v) is 6.48. The lowest BCUT2D eigenvalue weighted by Gasteiger charge is -2.27. The summed E-state index contributed by atoms with van der Waals surface area (Å²) in [6.07, 6.45) is 0.680. The molecule has 37 heavy (non-hydrogen) atoms. The molecule has 3 N–H and O–H groups in total. The molecule has 0 fully saturated rings. The van der Waals surface area contributed by atoms with E-state index in [1.807, 2.05) is 13.8 Å². The zero-order chi connectivity index (χ0) is 26.5. The number of hydrogen-bond acceptors (Lipinski definition) is 10. The normalized spacial score (nSPS) is 12.5. The van der Waals surface area contributed by atoms with E-state index in [2.05, 4.69) is 35.8 Å². The maximum absolute atomic E-state index is 12.8. The van der Waals surface area contributed by atoms with Gasteiger partial charge in [-0.1, -0.05) is 17.4 Å². The van der Waals surface area contributed by atoms with Crippen LogP contribution in [0, 0.1) is 0 Å². The van der Waals surface area contributed by atoms with Crippen molar-refractivity contribution in [3.8, 4) is 17.6 Å². The van der Waals surface area contributed by atoms with Crippen molar-refractivity contribution in [2.75, 3.05) is 43.4 Å². The Morgan fingerprint density at radius 1 is 1.05 bits per heavy atom. The van der Waals surface area contributed by atoms with Crippen molar-refractivity contribution < 1.29 is 23.8 Å². The van der Waals surface area contributed by atoms with Crippen molar-refractivity contribution in [1.82, 2.24) is 20.3 Å². The molecule has 1 aliphatic heterocycles. The van der Waals surface area contributed by atoms with Crippen molar-refractivity contribution in [3.05, 3.63) is 40.4 Å². The van der Waals surface area contributed by atoms with Gasteiger partial charge < -0.3 is 29.7 Å². The summed E-state index contributed by atoms with van der Waals surface area (Å²) in [5, 5.41) is 8.82. The molecule has 0 spiro atoms. The standard InChI is InChI=1S/C24H29N7O5S/c1-13(2)25-21(32)20-15(7-6-8-16(20)34-3)26-22(33)30-24-27-14-9-10-31(12-17(14)37-24)18-11-19(35-4)29-23(28-18)36-5/h6-8,11,13H,9-10,12H2,1-5H3,(H,25,32)(H2,26,27,30,33). The van der Waals surface area contributed by atoms with Gasteiger partial charge in [0.25, 0.3) is 5.91 Å². The van der Waals surface area contributed by atoms with E-state index in [-0.39, 0.29) is 23.5 Å². The van der Waals surface area contributed by atoms with E-state index in [0.717, 1.165) is 10.6 Å². The van der Waals surface area contributed by atoms with Gasteiger partial charge in [-0.05, 0) is 26.0 Å². The molecular weight excluding hydrogens is 498 g/mol. The molecule has 3 amide bonds. The monoisotopic (exact) mass is 527 g/mol. The molecule has 0 aliphatic carbocycles. The number of anilines is 3. The molecule has 2 aromatic heterocycles. The highest BCUT2D eigenvalue weighted by Crippen LogP contribution is 2.32. The minimum absolute atomic E-state index is 0.0789. The first-order valence-electron chi connectivity index (χ1n) is 11.6. The summed E-state index contributed by atoms with van der Waals surface area (Å²) in [7, 11) is 4.52. The van der Waals surface area contributed by atoms with E-state index in [9.17, 15) is 9.59 Å². The Hall–Kier alpha value is -4.13. The third-order valence-electron chi connectivity index (χ3n) is 5.48. The van der Waals surface area contributed by atoms with Crippen LogP contribution in [0.3, 0.4) is 0 Å². The van der Waals surface area contributed by atoms with Crippen LogP contribution in [0.25, 0.3) is 0 Å². The van der Waals surface area contributed by atoms with Gasteiger partial charge in [-0.15, -0.1) is 0 Å². The fourth-order valence-corrected chi connectivity index (χ4v) is 4.84. The molecule has 0 atom stereocenters. The fourth-order valence-electron chi connectivity index (χ4n) is 3.82. The Balaban J connectivity index is 1.47. The SMILES string of the molecule is COc1cc(N2CCc3nc(NC(=O)Nc4cccc(OC)c4C(=O)NC(C)C)sc3C2)nc(OC)n1. The van der Waals surface area contributed by atoms with Gasteiger partial charge >= 0.3 is 12.0 Å². The molecule has 0 saturated heterocycles. The highest BCUT2D eigenvalue weighted by atomic mass is 32.1.